The lowest BCUT2D eigenvalue weighted by Crippen LogP contribution is -2.43. The molecule has 1 saturated heterocycles. The summed E-state index contributed by atoms with van der Waals surface area (Å²) in [4.78, 5) is 46.6. The molecule has 1 atom stereocenters. The topological polar surface area (TPSA) is 133 Å². The van der Waals surface area contributed by atoms with Gasteiger partial charge < -0.3 is 15.5 Å². The van der Waals surface area contributed by atoms with Crippen LogP contribution in [0.3, 0.4) is 0 Å². The van der Waals surface area contributed by atoms with Gasteiger partial charge in [-0.1, -0.05) is 12.6 Å². The van der Waals surface area contributed by atoms with Crippen LogP contribution in [-0.4, -0.2) is 55.9 Å². The lowest BCUT2D eigenvalue weighted by atomic mass is 9.97. The quantitative estimate of drug-likeness (QED) is 0.432. The molecule has 0 saturated carbocycles. The van der Waals surface area contributed by atoms with Gasteiger partial charge in [-0.3, -0.25) is 19.5 Å². The molecule has 3 aromatic rings. The highest BCUT2D eigenvalue weighted by Gasteiger charge is 2.36. The molecule has 3 amide bonds. The number of H-pyrrole nitrogens is 1. The Labute approximate surface area is 209 Å². The van der Waals surface area contributed by atoms with E-state index < -0.39 is 35.3 Å². The van der Waals surface area contributed by atoms with Gasteiger partial charge in [0.05, 0.1) is 29.2 Å². The molecule has 0 bridgehead atoms. The van der Waals surface area contributed by atoms with Crippen molar-refractivity contribution in [2.24, 2.45) is 5.92 Å². The summed E-state index contributed by atoms with van der Waals surface area (Å²) in [5, 5.41) is 11.1. The number of halogens is 3. The van der Waals surface area contributed by atoms with Crippen LogP contribution in [0.4, 0.5) is 24.7 Å². The van der Waals surface area contributed by atoms with Crippen LogP contribution in [0.5, 0.6) is 0 Å². The highest BCUT2D eigenvalue weighted by molar-refractivity contribution is 6.03. The summed E-state index contributed by atoms with van der Waals surface area (Å²) in [6, 6.07) is 6.82. The van der Waals surface area contributed by atoms with Crippen molar-refractivity contribution in [1.82, 2.24) is 25.1 Å². The molecule has 4 heterocycles. The van der Waals surface area contributed by atoms with Gasteiger partial charge in [-0.15, -0.1) is 0 Å². The Kier molecular flexibility index (Phi) is 7.32. The van der Waals surface area contributed by atoms with Crippen LogP contribution in [0.15, 0.2) is 55.4 Å². The molecular weight excluding hydrogens is 491 g/mol. The first kappa shape index (κ1) is 25.5. The van der Waals surface area contributed by atoms with Gasteiger partial charge in [0.1, 0.15) is 17.1 Å². The van der Waals surface area contributed by atoms with Crippen LogP contribution < -0.4 is 10.6 Å². The van der Waals surface area contributed by atoms with E-state index in [0.717, 1.165) is 12.3 Å². The standard InChI is InChI=1S/C24H22F3N7O3/c1-2-20(35)34-10-4-5-14(13-34)22(36)30-15-11-16(24(25,26)27)21(28-12-15)32-23(37)19-7-3-6-17(31-19)18-8-9-29-33-18/h2-3,6-9,11-12,14H,1,4-5,10,13H2,(H,29,33)(H,30,36)(H,28,32,37)/t14-/m0/s1. The Morgan fingerprint density at radius 1 is 1.19 bits per heavy atom. The van der Waals surface area contributed by atoms with Gasteiger partial charge in [-0.2, -0.15) is 18.3 Å². The van der Waals surface area contributed by atoms with Crippen molar-refractivity contribution >= 4 is 29.2 Å². The number of amides is 3. The van der Waals surface area contributed by atoms with Gasteiger partial charge in [-0.05, 0) is 43.2 Å². The highest BCUT2D eigenvalue weighted by Crippen LogP contribution is 2.35. The number of piperidine rings is 1. The summed E-state index contributed by atoms with van der Waals surface area (Å²) in [6.45, 7) is 4.03. The van der Waals surface area contributed by atoms with E-state index in [2.05, 4.69) is 37.4 Å². The van der Waals surface area contributed by atoms with E-state index in [1.165, 1.54) is 23.2 Å². The van der Waals surface area contributed by atoms with Crippen molar-refractivity contribution in [2.75, 3.05) is 23.7 Å². The predicted octanol–water partition coefficient (Wildman–Crippen LogP) is 3.50. The van der Waals surface area contributed by atoms with E-state index in [1.54, 1.807) is 12.1 Å². The second-order valence-electron chi connectivity index (χ2n) is 8.27. The molecular formula is C24H22F3N7O3. The summed E-state index contributed by atoms with van der Waals surface area (Å²) in [6.07, 6.45) is -0.160. The molecule has 0 aromatic carbocycles. The zero-order valence-corrected chi connectivity index (χ0v) is 19.4. The molecule has 192 valence electrons. The number of anilines is 2. The van der Waals surface area contributed by atoms with Gasteiger partial charge in [0.25, 0.3) is 5.91 Å². The minimum absolute atomic E-state index is 0.129. The Balaban J connectivity index is 1.51. The van der Waals surface area contributed by atoms with Crippen LogP contribution in [0.2, 0.25) is 0 Å². The van der Waals surface area contributed by atoms with E-state index in [-0.39, 0.29) is 23.8 Å². The number of nitrogens with zero attached hydrogens (tertiary/aromatic N) is 4. The number of hydrogen-bond acceptors (Lipinski definition) is 6. The molecule has 0 radical (unpaired) electrons. The van der Waals surface area contributed by atoms with Crippen LogP contribution >= 0.6 is 0 Å². The fraction of sp³-hybridized carbons (Fsp3) is 0.250. The number of carbonyl (C=O) groups is 3. The molecule has 0 unspecified atom stereocenters. The first-order chi connectivity index (χ1) is 17.7. The summed E-state index contributed by atoms with van der Waals surface area (Å²) in [7, 11) is 0. The third kappa shape index (κ3) is 6.00. The molecule has 0 spiro atoms. The molecule has 3 aromatic heterocycles. The van der Waals surface area contributed by atoms with Crippen LogP contribution in [0, 0.1) is 5.92 Å². The molecule has 10 nitrogen and oxygen atoms in total. The third-order valence-corrected chi connectivity index (χ3v) is 5.73. The Morgan fingerprint density at radius 3 is 2.70 bits per heavy atom. The Hall–Kier alpha value is -4.55. The van der Waals surface area contributed by atoms with Crippen LogP contribution in [-0.2, 0) is 15.8 Å². The number of alkyl halides is 3. The maximum absolute atomic E-state index is 13.8. The third-order valence-electron chi connectivity index (χ3n) is 5.73. The second-order valence-corrected chi connectivity index (χ2v) is 8.27. The average Bonchev–Trinajstić information content (AvgIpc) is 3.44. The van der Waals surface area contributed by atoms with Crippen LogP contribution in [0.1, 0.15) is 28.9 Å². The average molecular weight is 513 g/mol. The predicted molar refractivity (Wildman–Crippen MR) is 127 cm³/mol. The fourth-order valence-corrected chi connectivity index (χ4v) is 3.89. The Bertz CT molecular complexity index is 1330. The minimum atomic E-state index is -4.88. The Morgan fingerprint density at radius 2 is 2.00 bits per heavy atom. The van der Waals surface area contributed by atoms with Gasteiger partial charge in [-0.25, -0.2) is 9.97 Å². The summed E-state index contributed by atoms with van der Waals surface area (Å²) in [5.41, 5.74) is -0.658. The number of rotatable bonds is 6. The summed E-state index contributed by atoms with van der Waals surface area (Å²) < 4.78 is 41.5. The lowest BCUT2D eigenvalue weighted by Gasteiger charge is -2.31. The van der Waals surface area contributed by atoms with Gasteiger partial charge in [0.15, 0.2) is 0 Å². The molecule has 3 N–H and O–H groups in total. The molecule has 4 rings (SSSR count). The van der Waals surface area contributed by atoms with E-state index >= 15 is 0 Å². The molecule has 13 heteroatoms. The lowest BCUT2D eigenvalue weighted by molar-refractivity contribution is -0.137. The number of nitrogens with one attached hydrogen (secondary N) is 3. The zero-order valence-electron chi connectivity index (χ0n) is 19.4. The summed E-state index contributed by atoms with van der Waals surface area (Å²) >= 11 is 0. The number of aromatic amines is 1. The fourth-order valence-electron chi connectivity index (χ4n) is 3.89. The maximum Gasteiger partial charge on any atom is 0.420 e. The van der Waals surface area contributed by atoms with E-state index in [0.29, 0.717) is 36.8 Å². The minimum Gasteiger partial charge on any atom is -0.338 e. The smallest absolute Gasteiger partial charge is 0.338 e. The van der Waals surface area contributed by atoms with Crippen molar-refractivity contribution in [3.63, 3.8) is 0 Å². The maximum atomic E-state index is 13.8. The van der Waals surface area contributed by atoms with Gasteiger partial charge in [0.2, 0.25) is 11.8 Å². The molecule has 0 aliphatic carbocycles. The first-order valence-electron chi connectivity index (χ1n) is 11.2. The first-order valence-corrected chi connectivity index (χ1v) is 11.2. The van der Waals surface area contributed by atoms with E-state index in [4.69, 9.17) is 0 Å². The van der Waals surface area contributed by atoms with Crippen molar-refractivity contribution in [2.45, 2.75) is 19.0 Å². The number of likely N-dealkylation sites (tertiary alicyclic amines) is 1. The largest absolute Gasteiger partial charge is 0.420 e. The zero-order chi connectivity index (χ0) is 26.6. The number of hydrogen-bond donors (Lipinski definition) is 3. The van der Waals surface area contributed by atoms with E-state index in [1.807, 2.05) is 0 Å². The second kappa shape index (κ2) is 10.6. The van der Waals surface area contributed by atoms with Gasteiger partial charge in [0, 0.05) is 19.3 Å². The SMILES string of the molecule is C=CC(=O)N1CCC[C@H](C(=O)Nc2cnc(NC(=O)c3cccc(-c4ccn[nH]4)n3)c(C(F)(F)F)c2)C1. The monoisotopic (exact) mass is 513 g/mol. The molecule has 1 aliphatic rings. The highest BCUT2D eigenvalue weighted by atomic mass is 19.4. The molecule has 37 heavy (non-hydrogen) atoms. The van der Waals surface area contributed by atoms with Crippen molar-refractivity contribution in [3.8, 4) is 11.4 Å². The van der Waals surface area contributed by atoms with E-state index in [9.17, 15) is 27.6 Å². The van der Waals surface area contributed by atoms with Crippen molar-refractivity contribution in [1.29, 1.82) is 0 Å². The van der Waals surface area contributed by atoms with Crippen molar-refractivity contribution < 1.29 is 27.6 Å². The number of pyridine rings is 2. The number of carbonyl (C=O) groups excluding carboxylic acids is 3. The van der Waals surface area contributed by atoms with Gasteiger partial charge >= 0.3 is 6.18 Å². The summed E-state index contributed by atoms with van der Waals surface area (Å²) in [5.74, 6) is -3.08. The van der Waals surface area contributed by atoms with Crippen molar-refractivity contribution in [3.05, 3.63) is 66.6 Å². The normalized spacial score (nSPS) is 15.6. The van der Waals surface area contributed by atoms with Crippen LogP contribution in [0.25, 0.3) is 11.4 Å². The molecule has 1 aliphatic heterocycles. The number of aromatic nitrogens is 4. The molecule has 1 fully saturated rings.